The van der Waals surface area contributed by atoms with Crippen LogP contribution < -0.4 is 20.7 Å². The SMILES string of the molecule is CCP(=O)(CC)c1ccc(Nc2nnc(Cl)c(Nc3ccccc3S(=O)(=O)C(C)C)n2)c(OC)c1. The minimum Gasteiger partial charge on any atom is -0.495 e. The number of hydrogen-bond acceptors (Lipinski definition) is 9. The van der Waals surface area contributed by atoms with Gasteiger partial charge in [0, 0.05) is 17.6 Å². The van der Waals surface area contributed by atoms with Crippen LogP contribution in [-0.4, -0.2) is 48.3 Å². The second-order valence-electron chi connectivity index (χ2n) is 8.02. The molecule has 1 heterocycles. The Bertz CT molecular complexity index is 1360. The highest BCUT2D eigenvalue weighted by atomic mass is 35.5. The van der Waals surface area contributed by atoms with Gasteiger partial charge in [0.1, 0.15) is 12.9 Å². The van der Waals surface area contributed by atoms with Crippen molar-refractivity contribution >= 4 is 57.0 Å². The fraction of sp³-hybridized carbons (Fsp3) is 0.348. The number of aromatic nitrogens is 3. The van der Waals surface area contributed by atoms with Crippen LogP contribution in [0.5, 0.6) is 5.75 Å². The lowest BCUT2D eigenvalue weighted by Gasteiger charge is -2.18. The third-order valence-corrected chi connectivity index (χ3v) is 11.4. The molecule has 0 bridgehead atoms. The van der Waals surface area contributed by atoms with Crippen LogP contribution in [0.1, 0.15) is 27.7 Å². The molecule has 0 radical (unpaired) electrons. The predicted octanol–water partition coefficient (Wildman–Crippen LogP) is 5.23. The number of para-hydroxylation sites is 1. The molecule has 9 nitrogen and oxygen atoms in total. The first kappa shape index (κ1) is 26.9. The van der Waals surface area contributed by atoms with Crippen LogP contribution in [0.3, 0.4) is 0 Å². The highest BCUT2D eigenvalue weighted by Gasteiger charge is 2.24. The zero-order valence-electron chi connectivity index (χ0n) is 20.2. The van der Waals surface area contributed by atoms with Gasteiger partial charge in [0.25, 0.3) is 0 Å². The Morgan fingerprint density at radius 2 is 1.71 bits per heavy atom. The Hall–Kier alpha value is -2.68. The highest BCUT2D eigenvalue weighted by Crippen LogP contribution is 2.45. The smallest absolute Gasteiger partial charge is 0.249 e. The molecule has 0 aliphatic carbocycles. The summed E-state index contributed by atoms with van der Waals surface area (Å²) in [6.45, 7) is 7.06. The quantitative estimate of drug-likeness (QED) is 0.334. The van der Waals surface area contributed by atoms with Crippen LogP contribution in [0.25, 0.3) is 0 Å². The van der Waals surface area contributed by atoms with Crippen molar-refractivity contribution < 1.29 is 17.7 Å². The van der Waals surface area contributed by atoms with Crippen molar-refractivity contribution in [1.29, 1.82) is 0 Å². The Balaban J connectivity index is 1.95. The van der Waals surface area contributed by atoms with Crippen LogP contribution in [0.4, 0.5) is 23.1 Å². The van der Waals surface area contributed by atoms with Crippen molar-refractivity contribution in [2.75, 3.05) is 30.1 Å². The maximum Gasteiger partial charge on any atom is 0.249 e. The zero-order valence-corrected chi connectivity index (χ0v) is 22.7. The molecule has 0 saturated heterocycles. The van der Waals surface area contributed by atoms with E-state index in [1.54, 1.807) is 50.2 Å². The van der Waals surface area contributed by atoms with Crippen LogP contribution in [0.15, 0.2) is 47.4 Å². The van der Waals surface area contributed by atoms with Gasteiger partial charge < -0.3 is 19.9 Å². The van der Waals surface area contributed by atoms with Crippen LogP contribution in [-0.2, 0) is 14.4 Å². The van der Waals surface area contributed by atoms with E-state index in [2.05, 4.69) is 25.8 Å². The molecule has 2 N–H and O–H groups in total. The molecular weight excluding hydrogens is 509 g/mol. The van der Waals surface area contributed by atoms with E-state index in [1.165, 1.54) is 13.2 Å². The first-order valence-corrected chi connectivity index (χ1v) is 15.1. The maximum absolute atomic E-state index is 13.1. The lowest BCUT2D eigenvalue weighted by Crippen LogP contribution is -2.16. The van der Waals surface area contributed by atoms with Crippen molar-refractivity contribution in [3.8, 4) is 5.75 Å². The third kappa shape index (κ3) is 5.77. The van der Waals surface area contributed by atoms with Gasteiger partial charge in [-0.1, -0.05) is 37.6 Å². The van der Waals surface area contributed by atoms with E-state index in [4.69, 9.17) is 16.3 Å². The topological polar surface area (TPSA) is 123 Å². The Kier molecular flexibility index (Phi) is 8.41. The maximum atomic E-state index is 13.1. The minimum atomic E-state index is -3.55. The number of sulfone groups is 1. The van der Waals surface area contributed by atoms with Gasteiger partial charge in [-0.2, -0.15) is 4.98 Å². The molecule has 0 amide bonds. The van der Waals surface area contributed by atoms with Crippen molar-refractivity contribution in [3.05, 3.63) is 47.6 Å². The molecule has 0 aliphatic rings. The molecule has 35 heavy (non-hydrogen) atoms. The molecule has 0 aliphatic heterocycles. The number of nitrogens with one attached hydrogen (secondary N) is 2. The van der Waals surface area contributed by atoms with Crippen molar-refractivity contribution in [1.82, 2.24) is 15.2 Å². The summed E-state index contributed by atoms with van der Waals surface area (Å²) >= 11 is 6.21. The molecular formula is C23H29ClN5O4PS. The van der Waals surface area contributed by atoms with Gasteiger partial charge in [0.15, 0.2) is 20.8 Å². The fourth-order valence-corrected chi connectivity index (χ4v) is 6.60. The highest BCUT2D eigenvalue weighted by molar-refractivity contribution is 7.92. The second-order valence-corrected chi connectivity index (χ2v) is 14.4. The first-order valence-electron chi connectivity index (χ1n) is 11.1. The summed E-state index contributed by atoms with van der Waals surface area (Å²) in [6, 6.07) is 11.8. The monoisotopic (exact) mass is 537 g/mol. The summed E-state index contributed by atoms with van der Waals surface area (Å²) in [5, 5.41) is 14.0. The number of ether oxygens (including phenoxy) is 1. The molecule has 0 unspecified atom stereocenters. The number of rotatable bonds is 10. The van der Waals surface area contributed by atoms with E-state index in [-0.39, 0.29) is 21.8 Å². The van der Waals surface area contributed by atoms with E-state index in [9.17, 15) is 13.0 Å². The summed E-state index contributed by atoms with van der Waals surface area (Å²) in [5.41, 5.74) is 0.874. The molecule has 188 valence electrons. The van der Waals surface area contributed by atoms with E-state index < -0.39 is 22.2 Å². The third-order valence-electron chi connectivity index (χ3n) is 5.64. The van der Waals surface area contributed by atoms with E-state index in [0.717, 1.165) is 5.30 Å². The minimum absolute atomic E-state index is 0.0264. The first-order chi connectivity index (χ1) is 16.6. The largest absolute Gasteiger partial charge is 0.495 e. The van der Waals surface area contributed by atoms with E-state index >= 15 is 0 Å². The normalized spacial score (nSPS) is 12.0. The molecule has 0 atom stereocenters. The number of anilines is 4. The zero-order chi connectivity index (χ0) is 25.8. The standard InChI is InChI=1S/C23H29ClN5O4PS/c1-6-34(30,7-2)16-12-13-17(19(14-16)33-5)26-23-27-22(21(24)28-29-23)25-18-10-8-9-11-20(18)35(31,32)15(3)4/h8-15H,6-7H2,1-5H3,(H2,25,26,27,29). The number of halogens is 1. The molecule has 3 rings (SSSR count). The van der Waals surface area contributed by atoms with Gasteiger partial charge in [0.05, 0.1) is 28.6 Å². The molecule has 0 fully saturated rings. The van der Waals surface area contributed by atoms with Gasteiger partial charge in [0.2, 0.25) is 5.95 Å². The van der Waals surface area contributed by atoms with Gasteiger partial charge in [-0.15, -0.1) is 10.2 Å². The molecule has 2 aromatic carbocycles. The van der Waals surface area contributed by atoms with Crippen molar-refractivity contribution in [2.24, 2.45) is 0 Å². The van der Waals surface area contributed by atoms with Crippen LogP contribution in [0.2, 0.25) is 5.15 Å². The summed E-state index contributed by atoms with van der Waals surface area (Å²) in [4.78, 5) is 4.51. The van der Waals surface area contributed by atoms with Gasteiger partial charge in [-0.05, 0) is 44.2 Å². The fourth-order valence-electron chi connectivity index (χ4n) is 3.39. The summed E-state index contributed by atoms with van der Waals surface area (Å²) in [6.07, 6.45) is 1.12. The molecule has 1 aromatic heterocycles. The van der Waals surface area contributed by atoms with Gasteiger partial charge in [-0.25, -0.2) is 8.42 Å². The average Bonchev–Trinajstić information content (AvgIpc) is 2.85. The lowest BCUT2D eigenvalue weighted by molar-refractivity contribution is 0.417. The van der Waals surface area contributed by atoms with E-state index in [1.807, 2.05) is 13.8 Å². The summed E-state index contributed by atoms with van der Waals surface area (Å²) in [5.74, 6) is 0.722. The van der Waals surface area contributed by atoms with Crippen LogP contribution in [0, 0.1) is 0 Å². The van der Waals surface area contributed by atoms with Crippen LogP contribution >= 0.6 is 18.7 Å². The second kappa shape index (κ2) is 10.9. The number of nitrogens with zero attached hydrogens (tertiary/aromatic N) is 3. The number of methoxy groups -OCH3 is 1. The van der Waals surface area contributed by atoms with Crippen molar-refractivity contribution in [2.45, 2.75) is 37.8 Å². The van der Waals surface area contributed by atoms with E-state index in [0.29, 0.717) is 29.4 Å². The van der Waals surface area contributed by atoms with Gasteiger partial charge in [-0.3, -0.25) is 0 Å². The number of hydrogen-bond donors (Lipinski definition) is 2. The summed E-state index contributed by atoms with van der Waals surface area (Å²) < 4.78 is 44.2. The predicted molar refractivity (Wildman–Crippen MR) is 141 cm³/mol. The van der Waals surface area contributed by atoms with Crippen molar-refractivity contribution in [3.63, 3.8) is 0 Å². The molecule has 0 saturated carbocycles. The number of benzene rings is 2. The lowest BCUT2D eigenvalue weighted by atomic mass is 10.3. The molecule has 12 heteroatoms. The Labute approximate surface area is 211 Å². The Morgan fingerprint density at radius 3 is 2.34 bits per heavy atom. The Morgan fingerprint density at radius 1 is 1.03 bits per heavy atom. The average molecular weight is 538 g/mol. The molecule has 0 spiro atoms. The van der Waals surface area contributed by atoms with Gasteiger partial charge >= 0.3 is 0 Å². The summed E-state index contributed by atoms with van der Waals surface area (Å²) in [7, 11) is -4.52. The molecule has 3 aromatic rings.